The smallest absolute Gasteiger partial charge is 0.324 e. The average Bonchev–Trinajstić information content (AvgIpc) is 3.22. The minimum atomic E-state index is -0.325. The normalized spacial score (nSPS) is 14.9. The molecule has 0 aliphatic carbocycles. The van der Waals surface area contributed by atoms with Crippen LogP contribution in [0.25, 0.3) is 0 Å². The van der Waals surface area contributed by atoms with Gasteiger partial charge in [-0.1, -0.05) is 18.2 Å². The molecule has 1 fully saturated rings. The van der Waals surface area contributed by atoms with Gasteiger partial charge in [-0.3, -0.25) is 15.2 Å². The molecule has 1 aliphatic rings. The van der Waals surface area contributed by atoms with Crippen molar-refractivity contribution in [3.63, 3.8) is 0 Å². The van der Waals surface area contributed by atoms with E-state index in [0.717, 1.165) is 43.9 Å². The number of aromatic nitrogens is 3. The van der Waals surface area contributed by atoms with Crippen molar-refractivity contribution in [3.05, 3.63) is 66.1 Å². The molecule has 2 aromatic heterocycles. The van der Waals surface area contributed by atoms with Gasteiger partial charge in [-0.25, -0.2) is 9.48 Å². The Balaban J connectivity index is 1.34. The molecule has 1 saturated heterocycles. The maximum absolute atomic E-state index is 12.5. The lowest BCUT2D eigenvalue weighted by atomic mass is 10.0. The number of anilines is 2. The SMILES string of the molecule is COc1ccccc1NC(=O)Nc1ccnn1C1CCN(Cc2cccc(C)n2)CC1. The summed E-state index contributed by atoms with van der Waals surface area (Å²) in [6.45, 7) is 4.81. The molecule has 31 heavy (non-hydrogen) atoms. The molecule has 162 valence electrons. The monoisotopic (exact) mass is 420 g/mol. The number of hydrogen-bond donors (Lipinski definition) is 2. The Kier molecular flexibility index (Phi) is 6.47. The summed E-state index contributed by atoms with van der Waals surface area (Å²) < 4.78 is 7.21. The summed E-state index contributed by atoms with van der Waals surface area (Å²) >= 11 is 0. The largest absolute Gasteiger partial charge is 0.495 e. The van der Waals surface area contributed by atoms with Gasteiger partial charge in [0.15, 0.2) is 0 Å². The molecule has 8 heteroatoms. The number of pyridine rings is 1. The lowest BCUT2D eigenvalue weighted by Gasteiger charge is -2.32. The first-order valence-electron chi connectivity index (χ1n) is 10.5. The van der Waals surface area contributed by atoms with Crippen molar-refractivity contribution in [1.29, 1.82) is 0 Å². The number of carbonyl (C=O) groups excluding carboxylic acids is 1. The van der Waals surface area contributed by atoms with E-state index in [-0.39, 0.29) is 12.1 Å². The van der Waals surface area contributed by atoms with Gasteiger partial charge in [0.25, 0.3) is 0 Å². The van der Waals surface area contributed by atoms with Gasteiger partial charge in [-0.05, 0) is 44.0 Å². The van der Waals surface area contributed by atoms with Crippen molar-refractivity contribution in [1.82, 2.24) is 19.7 Å². The molecule has 0 atom stereocenters. The third kappa shape index (κ3) is 5.21. The van der Waals surface area contributed by atoms with E-state index in [0.29, 0.717) is 17.3 Å². The summed E-state index contributed by atoms with van der Waals surface area (Å²) in [7, 11) is 1.58. The minimum Gasteiger partial charge on any atom is -0.495 e. The molecule has 0 radical (unpaired) electrons. The molecule has 0 unspecified atom stereocenters. The van der Waals surface area contributed by atoms with Crippen molar-refractivity contribution in [2.45, 2.75) is 32.4 Å². The summed E-state index contributed by atoms with van der Waals surface area (Å²) in [6.07, 6.45) is 3.66. The molecule has 0 bridgehead atoms. The number of likely N-dealkylation sites (tertiary alicyclic amines) is 1. The summed E-state index contributed by atoms with van der Waals surface area (Å²) in [6, 6.07) is 15.2. The Bertz CT molecular complexity index is 1030. The Hall–Kier alpha value is -3.39. The maximum Gasteiger partial charge on any atom is 0.324 e. The fourth-order valence-corrected chi connectivity index (χ4v) is 3.96. The van der Waals surface area contributed by atoms with Gasteiger partial charge in [-0.2, -0.15) is 5.10 Å². The van der Waals surface area contributed by atoms with Gasteiger partial charge in [0.2, 0.25) is 0 Å². The predicted octanol–water partition coefficient (Wildman–Crippen LogP) is 4.08. The molecular weight excluding hydrogens is 392 g/mol. The van der Waals surface area contributed by atoms with E-state index in [1.54, 1.807) is 25.4 Å². The van der Waals surface area contributed by atoms with Crippen molar-refractivity contribution < 1.29 is 9.53 Å². The highest BCUT2D eigenvalue weighted by atomic mass is 16.5. The lowest BCUT2D eigenvalue weighted by Crippen LogP contribution is -2.35. The number of rotatable bonds is 6. The van der Waals surface area contributed by atoms with Crippen molar-refractivity contribution >= 4 is 17.5 Å². The number of methoxy groups -OCH3 is 1. The number of piperidine rings is 1. The fraction of sp³-hybridized carbons (Fsp3) is 0.348. The molecular formula is C23H28N6O2. The molecule has 8 nitrogen and oxygen atoms in total. The van der Waals surface area contributed by atoms with E-state index in [1.165, 1.54) is 0 Å². The number of nitrogens with zero attached hydrogens (tertiary/aromatic N) is 4. The quantitative estimate of drug-likeness (QED) is 0.628. The van der Waals surface area contributed by atoms with E-state index < -0.39 is 0 Å². The second-order valence-corrected chi connectivity index (χ2v) is 7.72. The molecule has 2 N–H and O–H groups in total. The highest BCUT2D eigenvalue weighted by molar-refractivity contribution is 6.00. The van der Waals surface area contributed by atoms with Crippen LogP contribution in [-0.2, 0) is 6.54 Å². The van der Waals surface area contributed by atoms with E-state index in [2.05, 4.69) is 37.7 Å². The number of hydrogen-bond acceptors (Lipinski definition) is 5. The number of nitrogens with one attached hydrogen (secondary N) is 2. The van der Waals surface area contributed by atoms with Crippen LogP contribution in [0.4, 0.5) is 16.3 Å². The zero-order chi connectivity index (χ0) is 21.6. The minimum absolute atomic E-state index is 0.248. The van der Waals surface area contributed by atoms with Crippen LogP contribution in [0.2, 0.25) is 0 Å². The molecule has 3 aromatic rings. The number of benzene rings is 1. The summed E-state index contributed by atoms with van der Waals surface area (Å²) in [5.41, 5.74) is 2.77. The number of carbonyl (C=O) groups is 1. The first-order valence-corrected chi connectivity index (χ1v) is 10.5. The Morgan fingerprint density at radius 3 is 2.68 bits per heavy atom. The van der Waals surface area contributed by atoms with Crippen LogP contribution < -0.4 is 15.4 Å². The van der Waals surface area contributed by atoms with Gasteiger partial charge in [-0.15, -0.1) is 0 Å². The van der Waals surface area contributed by atoms with Crippen LogP contribution in [0.5, 0.6) is 5.75 Å². The van der Waals surface area contributed by atoms with Crippen molar-refractivity contribution in [2.75, 3.05) is 30.8 Å². The van der Waals surface area contributed by atoms with Crippen LogP contribution in [-0.4, -0.2) is 45.9 Å². The topological polar surface area (TPSA) is 84.3 Å². The fourth-order valence-electron chi connectivity index (χ4n) is 3.96. The molecule has 3 heterocycles. The van der Waals surface area contributed by atoms with E-state index in [1.807, 2.05) is 35.9 Å². The van der Waals surface area contributed by atoms with E-state index in [9.17, 15) is 4.79 Å². The van der Waals surface area contributed by atoms with Gasteiger partial charge in [0, 0.05) is 31.4 Å². The van der Waals surface area contributed by atoms with Gasteiger partial charge >= 0.3 is 6.03 Å². The second kappa shape index (κ2) is 9.61. The first kappa shape index (κ1) is 20.9. The Morgan fingerprint density at radius 1 is 1.10 bits per heavy atom. The molecule has 4 rings (SSSR count). The molecule has 0 saturated carbocycles. The number of ether oxygens (including phenoxy) is 1. The lowest BCUT2D eigenvalue weighted by molar-refractivity contribution is 0.172. The van der Waals surface area contributed by atoms with Gasteiger partial charge in [0.1, 0.15) is 11.6 Å². The molecule has 1 aliphatic heterocycles. The van der Waals surface area contributed by atoms with Crippen LogP contribution in [0.3, 0.4) is 0 Å². The van der Waals surface area contributed by atoms with E-state index in [4.69, 9.17) is 4.74 Å². The molecule has 2 amide bonds. The standard InChI is InChI=1S/C23H28N6O2/c1-17-6-5-7-18(25-17)16-28-14-11-19(12-15-28)29-22(10-13-24-29)27-23(30)26-20-8-3-4-9-21(20)31-2/h3-10,13,19H,11-12,14-16H2,1-2H3,(H2,26,27,30). The van der Waals surface area contributed by atoms with Crippen molar-refractivity contribution in [2.24, 2.45) is 0 Å². The van der Waals surface area contributed by atoms with Crippen LogP contribution in [0.1, 0.15) is 30.3 Å². The molecule has 0 spiro atoms. The predicted molar refractivity (Wildman–Crippen MR) is 120 cm³/mol. The van der Waals surface area contributed by atoms with E-state index >= 15 is 0 Å². The third-order valence-electron chi connectivity index (χ3n) is 5.50. The average molecular weight is 421 g/mol. The zero-order valence-electron chi connectivity index (χ0n) is 17.9. The number of urea groups is 1. The van der Waals surface area contributed by atoms with Crippen LogP contribution in [0.15, 0.2) is 54.7 Å². The highest BCUT2D eigenvalue weighted by Crippen LogP contribution is 2.27. The third-order valence-corrected chi connectivity index (χ3v) is 5.50. The summed E-state index contributed by atoms with van der Waals surface area (Å²) in [5.74, 6) is 1.30. The Labute approximate surface area is 182 Å². The highest BCUT2D eigenvalue weighted by Gasteiger charge is 2.23. The van der Waals surface area contributed by atoms with Crippen LogP contribution >= 0.6 is 0 Å². The summed E-state index contributed by atoms with van der Waals surface area (Å²) in [4.78, 5) is 19.6. The summed E-state index contributed by atoms with van der Waals surface area (Å²) in [5, 5.41) is 10.2. The first-order chi connectivity index (χ1) is 15.1. The van der Waals surface area contributed by atoms with Crippen LogP contribution in [0, 0.1) is 6.92 Å². The molecule has 1 aromatic carbocycles. The second-order valence-electron chi connectivity index (χ2n) is 7.72. The van der Waals surface area contributed by atoms with Crippen molar-refractivity contribution in [3.8, 4) is 5.75 Å². The maximum atomic E-state index is 12.5. The van der Waals surface area contributed by atoms with Gasteiger partial charge in [0.05, 0.1) is 30.7 Å². The van der Waals surface area contributed by atoms with Gasteiger partial charge < -0.3 is 10.1 Å². The number of para-hydroxylation sites is 2. The Morgan fingerprint density at radius 2 is 1.90 bits per heavy atom. The number of aryl methyl sites for hydroxylation is 1. The number of amides is 2. The zero-order valence-corrected chi connectivity index (χ0v) is 17.9.